The molecule has 0 unspecified atom stereocenters. The van der Waals surface area contributed by atoms with E-state index in [9.17, 15) is 4.79 Å². The Balaban J connectivity index is 2.01. The van der Waals surface area contributed by atoms with Crippen LogP contribution in [0, 0.1) is 5.92 Å². The van der Waals surface area contributed by atoms with Crippen molar-refractivity contribution >= 4 is 11.6 Å². The van der Waals surface area contributed by atoms with Crippen molar-refractivity contribution in [2.24, 2.45) is 11.7 Å². The van der Waals surface area contributed by atoms with Crippen molar-refractivity contribution in [3.05, 3.63) is 23.8 Å². The number of hydrogen-bond acceptors (Lipinski definition) is 3. The van der Waals surface area contributed by atoms with Crippen LogP contribution in [0.3, 0.4) is 0 Å². The van der Waals surface area contributed by atoms with Crippen LogP contribution in [-0.2, 0) is 11.3 Å². The van der Waals surface area contributed by atoms with Gasteiger partial charge < -0.3 is 15.8 Å². The SMILES string of the molecule is CCOc1ccc(NC(=O)CC2CC2)cc1CN. The van der Waals surface area contributed by atoms with Crippen LogP contribution < -0.4 is 15.8 Å². The number of ether oxygens (including phenoxy) is 1. The van der Waals surface area contributed by atoms with Crippen LogP contribution in [0.25, 0.3) is 0 Å². The van der Waals surface area contributed by atoms with Crippen LogP contribution in [0.15, 0.2) is 18.2 Å². The van der Waals surface area contributed by atoms with Gasteiger partial charge in [0.1, 0.15) is 5.75 Å². The molecule has 0 spiro atoms. The minimum absolute atomic E-state index is 0.0876. The first-order valence-corrected chi connectivity index (χ1v) is 6.48. The summed E-state index contributed by atoms with van der Waals surface area (Å²) in [5.41, 5.74) is 7.39. The van der Waals surface area contributed by atoms with Gasteiger partial charge in [-0.15, -0.1) is 0 Å². The molecule has 1 aliphatic carbocycles. The van der Waals surface area contributed by atoms with Gasteiger partial charge in [-0.25, -0.2) is 0 Å². The molecular formula is C14H20N2O2. The third-order valence-corrected chi connectivity index (χ3v) is 3.03. The maximum Gasteiger partial charge on any atom is 0.224 e. The molecule has 4 heteroatoms. The van der Waals surface area contributed by atoms with E-state index in [1.165, 1.54) is 12.8 Å². The third kappa shape index (κ3) is 3.47. The second-order valence-electron chi connectivity index (χ2n) is 4.66. The Morgan fingerprint density at radius 2 is 2.28 bits per heavy atom. The number of carbonyl (C=O) groups is 1. The average molecular weight is 248 g/mol. The van der Waals surface area contributed by atoms with Gasteiger partial charge in [0.15, 0.2) is 0 Å². The highest BCUT2D eigenvalue weighted by Crippen LogP contribution is 2.32. The summed E-state index contributed by atoms with van der Waals surface area (Å²) in [7, 11) is 0. The molecule has 1 fully saturated rings. The van der Waals surface area contributed by atoms with Gasteiger partial charge in [-0.3, -0.25) is 4.79 Å². The molecule has 1 aromatic rings. The molecule has 1 saturated carbocycles. The summed E-state index contributed by atoms with van der Waals surface area (Å²) in [5, 5.41) is 2.91. The monoisotopic (exact) mass is 248 g/mol. The molecule has 0 bridgehead atoms. The molecule has 4 nitrogen and oxygen atoms in total. The van der Waals surface area contributed by atoms with Crippen molar-refractivity contribution in [2.75, 3.05) is 11.9 Å². The first-order valence-electron chi connectivity index (χ1n) is 6.48. The minimum atomic E-state index is 0.0876. The zero-order chi connectivity index (χ0) is 13.0. The number of anilines is 1. The number of nitrogens with two attached hydrogens (primary N) is 1. The van der Waals surface area contributed by atoms with Crippen molar-refractivity contribution in [3.63, 3.8) is 0 Å². The van der Waals surface area contributed by atoms with Crippen LogP contribution in [0.4, 0.5) is 5.69 Å². The molecule has 0 aromatic heterocycles. The maximum atomic E-state index is 11.7. The lowest BCUT2D eigenvalue weighted by Crippen LogP contribution is -2.12. The van der Waals surface area contributed by atoms with Gasteiger partial charge in [-0.2, -0.15) is 0 Å². The Bertz CT molecular complexity index is 428. The molecule has 0 radical (unpaired) electrons. The first kappa shape index (κ1) is 12.9. The smallest absolute Gasteiger partial charge is 0.224 e. The Kier molecular flexibility index (Phi) is 4.20. The van der Waals surface area contributed by atoms with Crippen LogP contribution in [0.1, 0.15) is 31.7 Å². The largest absolute Gasteiger partial charge is 0.494 e. The zero-order valence-corrected chi connectivity index (χ0v) is 10.7. The van der Waals surface area contributed by atoms with Crippen molar-refractivity contribution in [1.29, 1.82) is 0 Å². The van der Waals surface area contributed by atoms with Gasteiger partial charge in [0.2, 0.25) is 5.91 Å². The average Bonchev–Trinajstić information content (AvgIpc) is 3.15. The summed E-state index contributed by atoms with van der Waals surface area (Å²) in [6, 6.07) is 5.60. The fourth-order valence-electron chi connectivity index (χ4n) is 1.91. The van der Waals surface area contributed by atoms with Crippen molar-refractivity contribution in [2.45, 2.75) is 32.7 Å². The highest BCUT2D eigenvalue weighted by Gasteiger charge is 2.24. The lowest BCUT2D eigenvalue weighted by Gasteiger charge is -2.11. The van der Waals surface area contributed by atoms with Gasteiger partial charge in [-0.1, -0.05) is 0 Å². The summed E-state index contributed by atoms with van der Waals surface area (Å²) in [4.78, 5) is 11.7. The molecule has 18 heavy (non-hydrogen) atoms. The van der Waals surface area contributed by atoms with E-state index < -0.39 is 0 Å². The number of rotatable bonds is 6. The van der Waals surface area contributed by atoms with E-state index in [0.29, 0.717) is 25.5 Å². The summed E-state index contributed by atoms with van der Waals surface area (Å²) in [5.74, 6) is 1.48. The van der Waals surface area contributed by atoms with E-state index in [1.54, 1.807) is 0 Å². The standard InChI is InChI=1S/C14H20N2O2/c1-2-18-13-6-5-12(8-11(13)9-15)16-14(17)7-10-3-4-10/h5-6,8,10H,2-4,7,9,15H2,1H3,(H,16,17). The number of nitrogens with one attached hydrogen (secondary N) is 1. The molecule has 0 aliphatic heterocycles. The molecule has 0 saturated heterocycles. The quantitative estimate of drug-likeness (QED) is 0.811. The molecule has 0 atom stereocenters. The molecule has 98 valence electrons. The second kappa shape index (κ2) is 5.87. The van der Waals surface area contributed by atoms with Gasteiger partial charge in [-0.05, 0) is 43.9 Å². The summed E-state index contributed by atoms with van der Waals surface area (Å²) < 4.78 is 5.47. The van der Waals surface area contributed by atoms with E-state index in [2.05, 4.69) is 5.32 Å². The molecular weight excluding hydrogens is 228 g/mol. The topological polar surface area (TPSA) is 64.3 Å². The van der Waals surface area contributed by atoms with Crippen LogP contribution in [0.5, 0.6) is 5.75 Å². The Morgan fingerprint density at radius 3 is 2.89 bits per heavy atom. The molecule has 1 aromatic carbocycles. The van der Waals surface area contributed by atoms with Crippen LogP contribution in [-0.4, -0.2) is 12.5 Å². The van der Waals surface area contributed by atoms with E-state index in [4.69, 9.17) is 10.5 Å². The number of benzene rings is 1. The first-order chi connectivity index (χ1) is 8.72. The Morgan fingerprint density at radius 1 is 1.50 bits per heavy atom. The van der Waals surface area contributed by atoms with Gasteiger partial charge in [0.05, 0.1) is 6.61 Å². The Hall–Kier alpha value is -1.55. The van der Waals surface area contributed by atoms with E-state index in [1.807, 2.05) is 25.1 Å². The maximum absolute atomic E-state index is 11.7. The number of hydrogen-bond donors (Lipinski definition) is 2. The van der Waals surface area contributed by atoms with Gasteiger partial charge >= 0.3 is 0 Å². The molecule has 1 amide bonds. The third-order valence-electron chi connectivity index (χ3n) is 3.03. The van der Waals surface area contributed by atoms with Gasteiger partial charge in [0, 0.05) is 24.2 Å². The highest BCUT2D eigenvalue weighted by molar-refractivity contribution is 5.91. The van der Waals surface area contributed by atoms with E-state index in [0.717, 1.165) is 17.0 Å². The highest BCUT2D eigenvalue weighted by atomic mass is 16.5. The van der Waals surface area contributed by atoms with Crippen molar-refractivity contribution < 1.29 is 9.53 Å². The second-order valence-corrected chi connectivity index (χ2v) is 4.66. The predicted molar refractivity (Wildman–Crippen MR) is 71.5 cm³/mol. The minimum Gasteiger partial charge on any atom is -0.494 e. The lowest BCUT2D eigenvalue weighted by molar-refractivity contribution is -0.116. The molecule has 0 heterocycles. The summed E-state index contributed by atoms with van der Waals surface area (Å²) in [6.07, 6.45) is 3.00. The summed E-state index contributed by atoms with van der Waals surface area (Å²) in [6.45, 7) is 2.95. The van der Waals surface area contributed by atoms with Crippen molar-refractivity contribution in [3.8, 4) is 5.75 Å². The van der Waals surface area contributed by atoms with E-state index in [-0.39, 0.29) is 5.91 Å². The molecule has 1 aliphatic rings. The molecule has 3 N–H and O–H groups in total. The van der Waals surface area contributed by atoms with Crippen LogP contribution >= 0.6 is 0 Å². The lowest BCUT2D eigenvalue weighted by atomic mass is 10.1. The number of carbonyl (C=O) groups excluding carboxylic acids is 1. The predicted octanol–water partition coefficient (Wildman–Crippen LogP) is 2.28. The normalized spacial score (nSPS) is 14.3. The van der Waals surface area contributed by atoms with E-state index >= 15 is 0 Å². The summed E-state index contributed by atoms with van der Waals surface area (Å²) >= 11 is 0. The van der Waals surface area contributed by atoms with Gasteiger partial charge in [0.25, 0.3) is 0 Å². The fourth-order valence-corrected chi connectivity index (χ4v) is 1.91. The number of amides is 1. The zero-order valence-electron chi connectivity index (χ0n) is 10.7. The fraction of sp³-hybridized carbons (Fsp3) is 0.500. The molecule has 2 rings (SSSR count). The van der Waals surface area contributed by atoms with Crippen molar-refractivity contribution in [1.82, 2.24) is 0 Å². The van der Waals surface area contributed by atoms with Crippen LogP contribution in [0.2, 0.25) is 0 Å². The Labute approximate surface area is 108 Å².